The molecule has 0 spiro atoms. The van der Waals surface area contributed by atoms with Crippen molar-refractivity contribution in [3.8, 4) is 22.9 Å². The number of nitrogens with one attached hydrogen (secondary N) is 1. The Labute approximate surface area is 174 Å². The molecule has 0 aliphatic carbocycles. The molecule has 2 heterocycles. The van der Waals surface area contributed by atoms with Crippen LogP contribution in [0.1, 0.15) is 15.9 Å². The highest BCUT2D eigenvalue weighted by Crippen LogP contribution is 2.36. The van der Waals surface area contributed by atoms with Crippen LogP contribution in [0.5, 0.6) is 11.5 Å². The number of nitrogens with zero attached hydrogens (tertiary/aromatic N) is 2. The van der Waals surface area contributed by atoms with Gasteiger partial charge in [0.05, 0.1) is 29.3 Å². The maximum absolute atomic E-state index is 12.4. The topological polar surface area (TPSA) is 65.4 Å². The van der Waals surface area contributed by atoms with Crippen LogP contribution in [-0.4, -0.2) is 29.1 Å². The van der Waals surface area contributed by atoms with Crippen LogP contribution < -0.4 is 14.8 Å². The predicted octanol–water partition coefficient (Wildman–Crippen LogP) is 4.03. The molecule has 6 heteroatoms. The van der Waals surface area contributed by atoms with Crippen molar-refractivity contribution >= 4 is 16.9 Å². The molecule has 0 atom stereocenters. The molecular weight excluding hydrogens is 378 g/mol. The minimum atomic E-state index is -0.0672. The third-order valence-corrected chi connectivity index (χ3v) is 5.29. The maximum Gasteiger partial charge on any atom is 0.253 e. The fraction of sp³-hybridized carbons (Fsp3) is 0.167. The summed E-state index contributed by atoms with van der Waals surface area (Å²) in [5.41, 5.74) is 4.26. The van der Waals surface area contributed by atoms with Gasteiger partial charge in [0.2, 0.25) is 0 Å². The zero-order valence-electron chi connectivity index (χ0n) is 16.6. The lowest BCUT2D eigenvalue weighted by molar-refractivity contribution is 0.0956. The molecule has 1 N–H and O–H groups in total. The van der Waals surface area contributed by atoms with E-state index in [0.29, 0.717) is 31.0 Å². The van der Waals surface area contributed by atoms with Crippen LogP contribution in [0, 0.1) is 0 Å². The highest BCUT2D eigenvalue weighted by atomic mass is 16.5. The largest absolute Gasteiger partial charge is 0.496 e. The summed E-state index contributed by atoms with van der Waals surface area (Å²) in [5, 5.41) is 2.95. The van der Waals surface area contributed by atoms with Crippen LogP contribution in [0.15, 0.2) is 66.7 Å². The maximum atomic E-state index is 12.4. The van der Waals surface area contributed by atoms with E-state index in [4.69, 9.17) is 14.5 Å². The molecule has 0 radical (unpaired) electrons. The van der Waals surface area contributed by atoms with E-state index < -0.39 is 0 Å². The molecule has 0 fully saturated rings. The van der Waals surface area contributed by atoms with Crippen molar-refractivity contribution in [1.82, 2.24) is 14.9 Å². The van der Waals surface area contributed by atoms with Gasteiger partial charge in [-0.1, -0.05) is 36.4 Å². The molecule has 3 aromatic carbocycles. The highest BCUT2D eigenvalue weighted by Gasteiger charge is 2.23. The van der Waals surface area contributed by atoms with E-state index in [2.05, 4.69) is 9.88 Å². The Kier molecular flexibility index (Phi) is 4.59. The van der Waals surface area contributed by atoms with Gasteiger partial charge >= 0.3 is 0 Å². The molecule has 0 saturated carbocycles. The van der Waals surface area contributed by atoms with Crippen molar-refractivity contribution in [3.05, 3.63) is 77.9 Å². The minimum Gasteiger partial charge on any atom is -0.496 e. The van der Waals surface area contributed by atoms with E-state index >= 15 is 0 Å². The Morgan fingerprint density at radius 2 is 1.90 bits per heavy atom. The number of rotatable bonds is 5. The lowest BCUT2D eigenvalue weighted by atomic mass is 10.1. The molecule has 4 aromatic rings. The smallest absolute Gasteiger partial charge is 0.253 e. The number of imidazole rings is 1. The number of methoxy groups -OCH3 is 1. The molecule has 0 bridgehead atoms. The van der Waals surface area contributed by atoms with Crippen LogP contribution in [0.25, 0.3) is 22.4 Å². The predicted molar refractivity (Wildman–Crippen MR) is 115 cm³/mol. The zero-order valence-corrected chi connectivity index (χ0v) is 16.6. The molecular formula is C24H21N3O3. The SMILES string of the molecule is COc1cc(OCc2ccccc2)ccc1-c1nc2cccc3c2n1CCNC3=O. The summed E-state index contributed by atoms with van der Waals surface area (Å²) in [7, 11) is 1.64. The summed E-state index contributed by atoms with van der Waals surface area (Å²) in [4.78, 5) is 17.2. The van der Waals surface area contributed by atoms with Crippen LogP contribution in [0.2, 0.25) is 0 Å². The Morgan fingerprint density at radius 3 is 2.73 bits per heavy atom. The second-order valence-electron chi connectivity index (χ2n) is 7.15. The molecule has 1 aromatic heterocycles. The molecule has 1 aliphatic rings. The Hall–Kier alpha value is -3.80. The Morgan fingerprint density at radius 1 is 1.03 bits per heavy atom. The van der Waals surface area contributed by atoms with Crippen LogP contribution in [0.4, 0.5) is 0 Å². The molecule has 1 amide bonds. The van der Waals surface area contributed by atoms with Crippen molar-refractivity contribution in [2.24, 2.45) is 0 Å². The number of benzene rings is 3. The van der Waals surface area contributed by atoms with Crippen molar-refractivity contribution < 1.29 is 14.3 Å². The Bertz CT molecular complexity index is 1230. The van der Waals surface area contributed by atoms with Crippen LogP contribution >= 0.6 is 0 Å². The number of carbonyl (C=O) groups excluding carboxylic acids is 1. The normalized spacial score (nSPS) is 13.0. The number of ether oxygens (including phenoxy) is 2. The van der Waals surface area contributed by atoms with E-state index in [0.717, 1.165) is 33.7 Å². The van der Waals surface area contributed by atoms with Crippen LogP contribution in [0.3, 0.4) is 0 Å². The van der Waals surface area contributed by atoms with Gasteiger partial charge in [-0.3, -0.25) is 4.79 Å². The summed E-state index contributed by atoms with van der Waals surface area (Å²) < 4.78 is 13.7. The average molecular weight is 399 g/mol. The van der Waals surface area contributed by atoms with Crippen molar-refractivity contribution in [3.63, 3.8) is 0 Å². The molecule has 30 heavy (non-hydrogen) atoms. The van der Waals surface area contributed by atoms with Gasteiger partial charge < -0.3 is 19.4 Å². The van der Waals surface area contributed by atoms with Gasteiger partial charge in [-0.05, 0) is 29.8 Å². The summed E-state index contributed by atoms with van der Waals surface area (Å²) >= 11 is 0. The van der Waals surface area contributed by atoms with Gasteiger partial charge in [-0.15, -0.1) is 0 Å². The van der Waals surface area contributed by atoms with E-state index in [1.165, 1.54) is 0 Å². The third kappa shape index (κ3) is 3.16. The molecule has 150 valence electrons. The van der Waals surface area contributed by atoms with E-state index in [9.17, 15) is 4.79 Å². The van der Waals surface area contributed by atoms with Gasteiger partial charge in [-0.2, -0.15) is 0 Å². The highest BCUT2D eigenvalue weighted by molar-refractivity contribution is 6.06. The average Bonchev–Trinajstić information content (AvgIpc) is 3.07. The number of aromatic nitrogens is 2. The number of carbonyl (C=O) groups is 1. The quantitative estimate of drug-likeness (QED) is 0.550. The third-order valence-electron chi connectivity index (χ3n) is 5.29. The number of hydrogen-bond acceptors (Lipinski definition) is 4. The van der Waals surface area contributed by atoms with Gasteiger partial charge in [-0.25, -0.2) is 4.98 Å². The number of para-hydroxylation sites is 1. The van der Waals surface area contributed by atoms with Gasteiger partial charge in [0.25, 0.3) is 5.91 Å². The van der Waals surface area contributed by atoms with E-state index in [-0.39, 0.29) is 5.91 Å². The second-order valence-corrected chi connectivity index (χ2v) is 7.15. The monoisotopic (exact) mass is 399 g/mol. The first-order chi connectivity index (χ1) is 14.7. The van der Waals surface area contributed by atoms with Gasteiger partial charge in [0.1, 0.15) is 23.9 Å². The summed E-state index contributed by atoms with van der Waals surface area (Å²) in [6, 6.07) is 21.4. The van der Waals surface area contributed by atoms with Crippen molar-refractivity contribution in [1.29, 1.82) is 0 Å². The second kappa shape index (κ2) is 7.55. The first-order valence-corrected chi connectivity index (χ1v) is 9.87. The van der Waals surface area contributed by atoms with E-state index in [1.807, 2.05) is 66.7 Å². The number of hydrogen-bond donors (Lipinski definition) is 1. The molecule has 0 saturated heterocycles. The molecule has 0 unspecified atom stereocenters. The molecule has 1 aliphatic heterocycles. The lowest BCUT2D eigenvalue weighted by Gasteiger charge is -2.13. The van der Waals surface area contributed by atoms with Gasteiger partial charge in [0.15, 0.2) is 0 Å². The molecule has 6 nitrogen and oxygen atoms in total. The first-order valence-electron chi connectivity index (χ1n) is 9.87. The minimum absolute atomic E-state index is 0.0672. The first kappa shape index (κ1) is 18.2. The summed E-state index contributed by atoms with van der Waals surface area (Å²) in [5.74, 6) is 2.11. The zero-order chi connectivity index (χ0) is 20.5. The van der Waals surface area contributed by atoms with Crippen LogP contribution in [-0.2, 0) is 13.2 Å². The lowest BCUT2D eigenvalue weighted by Crippen LogP contribution is -2.24. The standard InChI is InChI=1S/C24H21N3O3/c1-29-21-14-17(30-15-16-6-3-2-4-7-16)10-11-18(21)23-26-20-9-5-8-19-22(20)27(23)13-12-25-24(19)28/h2-11,14H,12-13,15H2,1H3,(H,25,28). The van der Waals surface area contributed by atoms with E-state index in [1.54, 1.807) is 7.11 Å². The Balaban J connectivity index is 1.54. The number of amides is 1. The summed E-state index contributed by atoms with van der Waals surface area (Å²) in [6.07, 6.45) is 0. The summed E-state index contributed by atoms with van der Waals surface area (Å²) in [6.45, 7) is 1.68. The van der Waals surface area contributed by atoms with Crippen molar-refractivity contribution in [2.75, 3.05) is 13.7 Å². The van der Waals surface area contributed by atoms with Crippen molar-refractivity contribution in [2.45, 2.75) is 13.2 Å². The van der Waals surface area contributed by atoms with Gasteiger partial charge in [0, 0.05) is 19.2 Å². The molecule has 5 rings (SSSR count). The fourth-order valence-electron chi connectivity index (χ4n) is 3.86. The fourth-order valence-corrected chi connectivity index (χ4v) is 3.86.